The molecule has 0 atom stereocenters. The molecular weight excluding hydrogens is 288 g/mol. The monoisotopic (exact) mass is 308 g/mol. The van der Waals surface area contributed by atoms with Crippen LogP contribution in [0.1, 0.15) is 32.8 Å². The third kappa shape index (κ3) is 3.57. The molecule has 0 aliphatic carbocycles. The van der Waals surface area contributed by atoms with Crippen LogP contribution in [0.2, 0.25) is 5.02 Å². The number of nitrogens with zero attached hydrogens (tertiary/aromatic N) is 1. The number of fused-ring (bicyclic) bond motifs is 1. The molecule has 2 aromatic rings. The van der Waals surface area contributed by atoms with Crippen molar-refractivity contribution in [2.45, 2.75) is 45.9 Å². The molecule has 1 aromatic carbocycles. The van der Waals surface area contributed by atoms with E-state index < -0.39 is 0 Å². The van der Waals surface area contributed by atoms with Crippen molar-refractivity contribution in [2.24, 2.45) is 0 Å². The number of amides is 1. The van der Waals surface area contributed by atoms with Crippen LogP contribution < -0.4 is 5.32 Å². The predicted octanol–water partition coefficient (Wildman–Crippen LogP) is 3.09. The molecule has 0 radical (unpaired) electrons. The van der Waals surface area contributed by atoms with E-state index in [0.717, 1.165) is 22.9 Å². The fraction of sp³-hybridized carbons (Fsp3) is 0.438. The molecule has 2 rings (SSSR count). The lowest BCUT2D eigenvalue weighted by Gasteiger charge is -2.24. The first-order chi connectivity index (χ1) is 9.86. The molecule has 0 unspecified atom stereocenters. The summed E-state index contributed by atoms with van der Waals surface area (Å²) in [7, 11) is 0. The van der Waals surface area contributed by atoms with Crippen molar-refractivity contribution in [3.8, 4) is 0 Å². The second kappa shape index (κ2) is 6.08. The van der Waals surface area contributed by atoms with Crippen molar-refractivity contribution in [1.29, 1.82) is 0 Å². The Labute approximate surface area is 129 Å². The predicted molar refractivity (Wildman–Crippen MR) is 85.4 cm³/mol. The highest BCUT2D eigenvalue weighted by atomic mass is 35.5. The van der Waals surface area contributed by atoms with Gasteiger partial charge in [-0.15, -0.1) is 0 Å². The Bertz CT molecular complexity index is 662. The maximum absolute atomic E-state index is 12.2. The maximum Gasteiger partial charge on any atom is 0.240 e. The van der Waals surface area contributed by atoms with Crippen LogP contribution in [0.5, 0.6) is 0 Å². The SMILES string of the molecule is CCC(C)(C)NC(=O)Cn1cc(CO)c2ccc(Cl)cc21. The number of carbonyl (C=O) groups is 1. The number of nitrogens with one attached hydrogen (secondary N) is 1. The van der Waals surface area contributed by atoms with Gasteiger partial charge < -0.3 is 15.0 Å². The third-order valence-electron chi connectivity index (χ3n) is 3.77. The molecule has 4 nitrogen and oxygen atoms in total. The Hall–Kier alpha value is -1.52. The number of hydrogen-bond donors (Lipinski definition) is 2. The van der Waals surface area contributed by atoms with Crippen LogP contribution in [0, 0.1) is 0 Å². The fourth-order valence-electron chi connectivity index (χ4n) is 2.26. The first kappa shape index (κ1) is 15.9. The van der Waals surface area contributed by atoms with Crippen molar-refractivity contribution in [1.82, 2.24) is 9.88 Å². The highest BCUT2D eigenvalue weighted by Gasteiger charge is 2.19. The Balaban J connectivity index is 2.30. The molecular formula is C16H21ClN2O2. The quantitative estimate of drug-likeness (QED) is 0.892. The van der Waals surface area contributed by atoms with Crippen molar-refractivity contribution < 1.29 is 9.90 Å². The number of carbonyl (C=O) groups excluding carboxylic acids is 1. The van der Waals surface area contributed by atoms with Gasteiger partial charge in [0.15, 0.2) is 0 Å². The summed E-state index contributed by atoms with van der Waals surface area (Å²) in [5, 5.41) is 14.0. The van der Waals surface area contributed by atoms with E-state index in [2.05, 4.69) is 5.32 Å². The second-order valence-electron chi connectivity index (χ2n) is 5.89. The number of aromatic nitrogens is 1. The normalized spacial score (nSPS) is 11.9. The second-order valence-corrected chi connectivity index (χ2v) is 6.32. The summed E-state index contributed by atoms with van der Waals surface area (Å²) < 4.78 is 1.83. The van der Waals surface area contributed by atoms with E-state index in [1.165, 1.54) is 0 Å². The molecule has 0 aliphatic heterocycles. The Morgan fingerprint density at radius 2 is 2.14 bits per heavy atom. The Morgan fingerprint density at radius 3 is 2.76 bits per heavy atom. The van der Waals surface area contributed by atoms with Crippen LogP contribution in [-0.2, 0) is 17.9 Å². The highest BCUT2D eigenvalue weighted by Crippen LogP contribution is 2.25. The van der Waals surface area contributed by atoms with E-state index >= 15 is 0 Å². The average Bonchev–Trinajstić information content (AvgIpc) is 2.75. The summed E-state index contributed by atoms with van der Waals surface area (Å²) in [6.45, 7) is 6.17. The van der Waals surface area contributed by atoms with E-state index in [4.69, 9.17) is 11.6 Å². The van der Waals surface area contributed by atoms with Gasteiger partial charge in [0.1, 0.15) is 6.54 Å². The lowest BCUT2D eigenvalue weighted by Crippen LogP contribution is -2.44. The summed E-state index contributed by atoms with van der Waals surface area (Å²) in [6, 6.07) is 5.47. The van der Waals surface area contributed by atoms with Gasteiger partial charge in [-0.05, 0) is 32.4 Å². The van der Waals surface area contributed by atoms with E-state index in [-0.39, 0.29) is 24.6 Å². The topological polar surface area (TPSA) is 54.3 Å². The molecule has 0 bridgehead atoms. The van der Waals surface area contributed by atoms with Gasteiger partial charge >= 0.3 is 0 Å². The molecule has 21 heavy (non-hydrogen) atoms. The first-order valence-corrected chi connectivity index (χ1v) is 7.43. The maximum atomic E-state index is 12.2. The minimum absolute atomic E-state index is 0.0526. The number of halogens is 1. The minimum atomic E-state index is -0.225. The summed E-state index contributed by atoms with van der Waals surface area (Å²) in [6.07, 6.45) is 2.67. The van der Waals surface area contributed by atoms with Gasteiger partial charge in [0, 0.05) is 27.7 Å². The number of benzene rings is 1. The lowest BCUT2D eigenvalue weighted by molar-refractivity contribution is -0.123. The molecule has 0 aliphatic rings. The molecule has 2 N–H and O–H groups in total. The van der Waals surface area contributed by atoms with Crippen LogP contribution in [-0.4, -0.2) is 21.1 Å². The largest absolute Gasteiger partial charge is 0.392 e. The van der Waals surface area contributed by atoms with E-state index in [1.54, 1.807) is 12.3 Å². The lowest BCUT2D eigenvalue weighted by atomic mass is 10.0. The van der Waals surface area contributed by atoms with Crippen LogP contribution in [0.4, 0.5) is 0 Å². The molecule has 1 aromatic heterocycles. The van der Waals surface area contributed by atoms with Crippen molar-refractivity contribution in [3.63, 3.8) is 0 Å². The van der Waals surface area contributed by atoms with Crippen molar-refractivity contribution in [2.75, 3.05) is 0 Å². The highest BCUT2D eigenvalue weighted by molar-refractivity contribution is 6.31. The molecule has 1 amide bonds. The molecule has 0 fully saturated rings. The number of aliphatic hydroxyl groups is 1. The minimum Gasteiger partial charge on any atom is -0.392 e. The summed E-state index contributed by atoms with van der Waals surface area (Å²) in [5.74, 6) is -0.0526. The van der Waals surface area contributed by atoms with Gasteiger partial charge in [0.2, 0.25) is 5.91 Å². The summed E-state index contributed by atoms with van der Waals surface area (Å²) in [5.41, 5.74) is 1.43. The molecule has 114 valence electrons. The van der Waals surface area contributed by atoms with Crippen LogP contribution >= 0.6 is 11.6 Å². The van der Waals surface area contributed by atoms with Crippen LogP contribution in [0.15, 0.2) is 24.4 Å². The first-order valence-electron chi connectivity index (χ1n) is 7.05. The zero-order valence-electron chi connectivity index (χ0n) is 12.6. The number of rotatable bonds is 5. The van der Waals surface area contributed by atoms with Crippen LogP contribution in [0.3, 0.4) is 0 Å². The molecule has 5 heteroatoms. The summed E-state index contributed by atoms with van der Waals surface area (Å²) >= 11 is 6.03. The zero-order valence-corrected chi connectivity index (χ0v) is 13.4. The standard InChI is InChI=1S/C16H21ClN2O2/c1-4-16(2,3)18-15(21)9-19-8-11(10-20)13-6-5-12(17)7-14(13)19/h5-8,20H,4,9-10H2,1-3H3,(H,18,21). The fourth-order valence-corrected chi connectivity index (χ4v) is 2.42. The Morgan fingerprint density at radius 1 is 1.43 bits per heavy atom. The molecule has 0 saturated heterocycles. The van der Waals surface area contributed by atoms with E-state index in [9.17, 15) is 9.90 Å². The van der Waals surface area contributed by atoms with Gasteiger partial charge in [-0.3, -0.25) is 4.79 Å². The number of hydrogen-bond acceptors (Lipinski definition) is 2. The van der Waals surface area contributed by atoms with Crippen molar-refractivity contribution in [3.05, 3.63) is 35.0 Å². The van der Waals surface area contributed by atoms with Gasteiger partial charge in [-0.1, -0.05) is 24.6 Å². The molecule has 1 heterocycles. The third-order valence-corrected chi connectivity index (χ3v) is 4.01. The van der Waals surface area contributed by atoms with Gasteiger partial charge in [-0.2, -0.15) is 0 Å². The van der Waals surface area contributed by atoms with Gasteiger partial charge in [-0.25, -0.2) is 0 Å². The smallest absolute Gasteiger partial charge is 0.240 e. The average molecular weight is 309 g/mol. The molecule has 0 saturated carbocycles. The summed E-state index contributed by atoms with van der Waals surface area (Å²) in [4.78, 5) is 12.2. The van der Waals surface area contributed by atoms with E-state index in [0.29, 0.717) is 5.02 Å². The zero-order chi connectivity index (χ0) is 15.6. The van der Waals surface area contributed by atoms with Crippen molar-refractivity contribution >= 4 is 28.4 Å². The van der Waals surface area contributed by atoms with E-state index in [1.807, 2.05) is 37.5 Å². The Kier molecular flexibility index (Phi) is 4.59. The molecule has 0 spiro atoms. The number of aliphatic hydroxyl groups excluding tert-OH is 1. The van der Waals surface area contributed by atoms with Gasteiger partial charge in [0.05, 0.1) is 12.1 Å². The van der Waals surface area contributed by atoms with Gasteiger partial charge in [0.25, 0.3) is 0 Å². The van der Waals surface area contributed by atoms with Crippen LogP contribution in [0.25, 0.3) is 10.9 Å².